The average molecular weight is 389 g/mol. The predicted octanol–water partition coefficient (Wildman–Crippen LogP) is 5.06. The van der Waals surface area contributed by atoms with Crippen molar-refractivity contribution in [2.24, 2.45) is 35.0 Å². The first kappa shape index (κ1) is 20.0. The highest BCUT2D eigenvalue weighted by molar-refractivity contribution is 5.87. The molecular weight excluding hydrogens is 352 g/mol. The van der Waals surface area contributed by atoms with Gasteiger partial charge < -0.3 is 9.47 Å². The monoisotopic (exact) mass is 388 g/mol. The van der Waals surface area contributed by atoms with Gasteiger partial charge in [0.05, 0.1) is 12.0 Å². The quantitative estimate of drug-likeness (QED) is 0.488. The fraction of sp³-hybridized carbons (Fsp3) is 0.833. The third-order valence-electron chi connectivity index (χ3n) is 8.26. The molecule has 0 N–H and O–H groups in total. The minimum absolute atomic E-state index is 0.0244. The van der Waals surface area contributed by atoms with Crippen molar-refractivity contribution in [1.82, 2.24) is 0 Å². The maximum absolute atomic E-state index is 13.3. The second-order valence-corrected chi connectivity index (χ2v) is 10.8. The number of ether oxygens (including phenoxy) is 2. The van der Waals surface area contributed by atoms with E-state index >= 15 is 0 Å². The van der Waals surface area contributed by atoms with Crippen LogP contribution in [0.15, 0.2) is 12.2 Å². The average Bonchev–Trinajstić information content (AvgIpc) is 2.60. The van der Waals surface area contributed by atoms with Crippen LogP contribution in [0.4, 0.5) is 0 Å². The number of carbonyl (C=O) groups excluding carboxylic acids is 2. The zero-order valence-electron chi connectivity index (χ0n) is 17.8. The Labute approximate surface area is 169 Å². The number of rotatable bonds is 5. The van der Waals surface area contributed by atoms with Gasteiger partial charge in [0.2, 0.25) is 0 Å². The molecule has 5 fully saturated rings. The molecule has 0 amide bonds. The normalized spacial score (nSPS) is 44.2. The molecule has 5 aliphatic carbocycles. The van der Waals surface area contributed by atoms with Crippen molar-refractivity contribution >= 4 is 11.9 Å². The zero-order chi connectivity index (χ0) is 20.1. The summed E-state index contributed by atoms with van der Waals surface area (Å²) in [5.74, 6) is 2.60. The summed E-state index contributed by atoms with van der Waals surface area (Å²) in [6, 6.07) is 0. The van der Waals surface area contributed by atoms with Crippen molar-refractivity contribution in [3.05, 3.63) is 12.2 Å². The van der Waals surface area contributed by atoms with Crippen LogP contribution < -0.4 is 0 Å². The van der Waals surface area contributed by atoms with Gasteiger partial charge in [0, 0.05) is 12.0 Å². The van der Waals surface area contributed by atoms with Crippen LogP contribution in [0.25, 0.3) is 0 Å². The van der Waals surface area contributed by atoms with Gasteiger partial charge >= 0.3 is 11.9 Å². The third-order valence-corrected chi connectivity index (χ3v) is 8.26. The van der Waals surface area contributed by atoms with E-state index in [2.05, 4.69) is 20.4 Å². The highest BCUT2D eigenvalue weighted by atomic mass is 16.6. The molecular formula is C24H36O4. The molecule has 5 unspecified atom stereocenters. The molecule has 5 rings (SSSR count). The molecule has 0 heterocycles. The van der Waals surface area contributed by atoms with Gasteiger partial charge in [-0.25, -0.2) is 4.79 Å². The molecule has 4 heteroatoms. The van der Waals surface area contributed by atoms with E-state index in [1.54, 1.807) is 6.92 Å². The highest BCUT2D eigenvalue weighted by Gasteiger charge is 2.63. The second-order valence-electron chi connectivity index (χ2n) is 10.8. The summed E-state index contributed by atoms with van der Waals surface area (Å²) >= 11 is 0. The Morgan fingerprint density at radius 2 is 1.68 bits per heavy atom. The van der Waals surface area contributed by atoms with Crippen molar-refractivity contribution in [1.29, 1.82) is 0 Å². The Balaban J connectivity index is 1.43. The van der Waals surface area contributed by atoms with Crippen molar-refractivity contribution in [2.75, 3.05) is 6.61 Å². The molecule has 0 aromatic carbocycles. The SMILES string of the molecule is C=C(C)C(=O)OC12CC3CC(C1)CC(C(=O)OCC1CCC(C)C(C)C1)(C3)C2. The molecule has 4 bridgehead atoms. The molecule has 5 saturated carbocycles. The molecule has 0 radical (unpaired) electrons. The van der Waals surface area contributed by atoms with E-state index in [0.717, 1.165) is 44.4 Å². The van der Waals surface area contributed by atoms with Gasteiger partial charge in [0.15, 0.2) is 0 Å². The topological polar surface area (TPSA) is 52.6 Å². The summed E-state index contributed by atoms with van der Waals surface area (Å²) in [6.07, 6.45) is 8.98. The zero-order valence-corrected chi connectivity index (χ0v) is 17.8. The molecule has 4 nitrogen and oxygen atoms in total. The van der Waals surface area contributed by atoms with E-state index in [1.807, 2.05) is 0 Å². The Hall–Kier alpha value is -1.32. The first-order chi connectivity index (χ1) is 13.2. The standard InChI is InChI=1S/C24H36O4/c1-15(2)21(25)28-24-11-19-8-20(12-24)10-23(9-19,14-24)22(26)27-13-18-6-5-16(3)17(4)7-18/h16-20H,1,5-14H2,2-4H3. The summed E-state index contributed by atoms with van der Waals surface area (Å²) in [4.78, 5) is 25.5. The summed E-state index contributed by atoms with van der Waals surface area (Å²) in [5, 5.41) is 0. The van der Waals surface area contributed by atoms with Gasteiger partial charge in [-0.15, -0.1) is 0 Å². The first-order valence-electron chi connectivity index (χ1n) is 11.3. The first-order valence-corrected chi connectivity index (χ1v) is 11.3. The van der Waals surface area contributed by atoms with Crippen LogP contribution in [-0.2, 0) is 19.1 Å². The van der Waals surface area contributed by atoms with E-state index in [1.165, 1.54) is 12.8 Å². The Morgan fingerprint density at radius 3 is 2.29 bits per heavy atom. The lowest BCUT2D eigenvalue weighted by Crippen LogP contribution is -2.60. The van der Waals surface area contributed by atoms with Crippen LogP contribution in [0.3, 0.4) is 0 Å². The van der Waals surface area contributed by atoms with Crippen LogP contribution in [-0.4, -0.2) is 24.1 Å². The van der Waals surface area contributed by atoms with E-state index in [9.17, 15) is 9.59 Å². The molecule has 0 saturated heterocycles. The molecule has 0 spiro atoms. The summed E-state index contributed by atoms with van der Waals surface area (Å²) in [7, 11) is 0. The maximum Gasteiger partial charge on any atom is 0.333 e. The van der Waals surface area contributed by atoms with Gasteiger partial charge in [-0.3, -0.25) is 4.79 Å². The van der Waals surface area contributed by atoms with E-state index in [0.29, 0.717) is 42.3 Å². The van der Waals surface area contributed by atoms with Crippen molar-refractivity contribution in [3.8, 4) is 0 Å². The highest BCUT2D eigenvalue weighted by Crippen LogP contribution is 2.63. The van der Waals surface area contributed by atoms with Crippen LogP contribution >= 0.6 is 0 Å². The van der Waals surface area contributed by atoms with Crippen LogP contribution in [0.1, 0.15) is 78.6 Å². The van der Waals surface area contributed by atoms with Gasteiger partial charge in [-0.2, -0.15) is 0 Å². The number of hydrogen-bond acceptors (Lipinski definition) is 4. The van der Waals surface area contributed by atoms with Crippen molar-refractivity contribution < 1.29 is 19.1 Å². The molecule has 0 aromatic rings. The van der Waals surface area contributed by atoms with E-state index < -0.39 is 11.0 Å². The lowest BCUT2D eigenvalue weighted by atomic mass is 9.48. The number of esters is 2. The van der Waals surface area contributed by atoms with Gasteiger partial charge in [-0.05, 0) is 81.5 Å². The number of hydrogen-bond donors (Lipinski definition) is 0. The third kappa shape index (κ3) is 3.64. The van der Waals surface area contributed by atoms with Gasteiger partial charge in [0.1, 0.15) is 5.60 Å². The molecule has 0 aromatic heterocycles. The van der Waals surface area contributed by atoms with Crippen LogP contribution in [0.2, 0.25) is 0 Å². The lowest BCUT2D eigenvalue weighted by molar-refractivity contribution is -0.211. The summed E-state index contributed by atoms with van der Waals surface area (Å²) < 4.78 is 11.9. The lowest BCUT2D eigenvalue weighted by Gasteiger charge is -2.59. The Bertz CT molecular complexity index is 652. The van der Waals surface area contributed by atoms with Gasteiger partial charge in [0.25, 0.3) is 0 Å². The minimum atomic E-state index is -0.478. The fourth-order valence-corrected chi connectivity index (χ4v) is 6.98. The Morgan fingerprint density at radius 1 is 1.00 bits per heavy atom. The molecule has 156 valence electrons. The Kier molecular flexibility index (Phi) is 5.12. The van der Waals surface area contributed by atoms with Gasteiger partial charge in [-0.1, -0.05) is 26.8 Å². The minimum Gasteiger partial charge on any atom is -0.465 e. The van der Waals surface area contributed by atoms with Crippen LogP contribution in [0.5, 0.6) is 0 Å². The summed E-state index contributed by atoms with van der Waals surface area (Å²) in [6.45, 7) is 10.6. The number of carbonyl (C=O) groups is 2. The maximum atomic E-state index is 13.3. The largest absolute Gasteiger partial charge is 0.465 e. The summed E-state index contributed by atoms with van der Waals surface area (Å²) in [5.41, 5.74) is -0.478. The second kappa shape index (κ2) is 7.18. The predicted molar refractivity (Wildman–Crippen MR) is 107 cm³/mol. The van der Waals surface area contributed by atoms with E-state index in [-0.39, 0.29) is 11.9 Å². The molecule has 5 aliphatic rings. The van der Waals surface area contributed by atoms with Crippen molar-refractivity contribution in [2.45, 2.75) is 84.2 Å². The van der Waals surface area contributed by atoms with E-state index in [4.69, 9.17) is 9.47 Å². The fourth-order valence-electron chi connectivity index (χ4n) is 6.98. The molecule has 28 heavy (non-hydrogen) atoms. The smallest absolute Gasteiger partial charge is 0.333 e. The molecule has 0 aliphatic heterocycles. The molecule has 5 atom stereocenters. The van der Waals surface area contributed by atoms with Crippen molar-refractivity contribution in [3.63, 3.8) is 0 Å². The van der Waals surface area contributed by atoms with Crippen LogP contribution in [0, 0.1) is 35.0 Å².